The van der Waals surface area contributed by atoms with E-state index in [1.807, 2.05) is 6.08 Å². The number of hydrogen-bond donors (Lipinski definition) is 0. The molecule has 4 heteroatoms. The Labute approximate surface area is 162 Å². The lowest BCUT2D eigenvalue weighted by molar-refractivity contribution is -0.176. The summed E-state index contributed by atoms with van der Waals surface area (Å²) in [6, 6.07) is 0. The van der Waals surface area contributed by atoms with Crippen LogP contribution in [0.4, 0.5) is 0 Å². The van der Waals surface area contributed by atoms with E-state index in [1.165, 1.54) is 12.5 Å². The van der Waals surface area contributed by atoms with Crippen LogP contribution in [-0.2, 0) is 19.1 Å². The first-order valence-corrected chi connectivity index (χ1v) is 10.6. The highest BCUT2D eigenvalue weighted by molar-refractivity contribution is 5.91. The van der Waals surface area contributed by atoms with Crippen molar-refractivity contribution in [3.05, 3.63) is 11.6 Å². The molecule has 0 aromatic heterocycles. The smallest absolute Gasteiger partial charge is 0.302 e. The van der Waals surface area contributed by atoms with Gasteiger partial charge in [0.25, 0.3) is 0 Å². The third-order valence-electron chi connectivity index (χ3n) is 8.68. The minimum Gasteiger partial charge on any atom is -0.462 e. The summed E-state index contributed by atoms with van der Waals surface area (Å²) in [6.07, 6.45) is 8.02. The molecule has 4 nitrogen and oxygen atoms in total. The summed E-state index contributed by atoms with van der Waals surface area (Å²) in [6.45, 7) is 7.77. The van der Waals surface area contributed by atoms with Crippen LogP contribution in [0.1, 0.15) is 72.6 Å². The molecule has 7 atom stereocenters. The van der Waals surface area contributed by atoms with Crippen molar-refractivity contribution in [2.45, 2.75) is 78.7 Å². The molecule has 0 N–H and O–H groups in total. The highest BCUT2D eigenvalue weighted by Gasteiger charge is 2.63. The van der Waals surface area contributed by atoms with Crippen LogP contribution in [0.15, 0.2) is 11.6 Å². The predicted octanol–water partition coefficient (Wildman–Crippen LogP) is 4.27. The van der Waals surface area contributed by atoms with Gasteiger partial charge in [-0.2, -0.15) is 0 Å². The van der Waals surface area contributed by atoms with Crippen LogP contribution in [0.5, 0.6) is 0 Å². The average Bonchev–Trinajstić information content (AvgIpc) is 2.91. The summed E-state index contributed by atoms with van der Waals surface area (Å²) in [4.78, 5) is 36.4. The van der Waals surface area contributed by atoms with Crippen LogP contribution in [0.25, 0.3) is 0 Å². The van der Waals surface area contributed by atoms with Crippen LogP contribution in [0.2, 0.25) is 0 Å². The van der Waals surface area contributed by atoms with E-state index in [9.17, 15) is 14.4 Å². The summed E-state index contributed by atoms with van der Waals surface area (Å²) in [5.74, 6) is 1.61. The number of esters is 1. The molecule has 3 fully saturated rings. The molecule has 0 radical (unpaired) electrons. The third kappa shape index (κ3) is 2.74. The molecule has 27 heavy (non-hydrogen) atoms. The summed E-state index contributed by atoms with van der Waals surface area (Å²) in [5, 5.41) is 0. The highest BCUT2D eigenvalue weighted by Crippen LogP contribution is 2.67. The van der Waals surface area contributed by atoms with Crippen molar-refractivity contribution in [1.82, 2.24) is 0 Å². The second-order valence-electron chi connectivity index (χ2n) is 9.99. The van der Waals surface area contributed by atoms with Crippen LogP contribution < -0.4 is 0 Å². The van der Waals surface area contributed by atoms with E-state index in [-0.39, 0.29) is 46.3 Å². The minimum atomic E-state index is -0.232. The molecular weight excluding hydrogens is 340 g/mol. The maximum Gasteiger partial charge on any atom is 0.302 e. The molecule has 0 amide bonds. The number of hydrogen-bond acceptors (Lipinski definition) is 4. The zero-order chi connectivity index (χ0) is 19.6. The van der Waals surface area contributed by atoms with Gasteiger partial charge in [0, 0.05) is 25.2 Å². The quantitative estimate of drug-likeness (QED) is 0.679. The largest absolute Gasteiger partial charge is 0.462 e. The monoisotopic (exact) mass is 372 g/mol. The molecule has 4 aliphatic rings. The number of fused-ring (bicyclic) bond motifs is 5. The molecular formula is C23H32O4. The topological polar surface area (TPSA) is 60.4 Å². The van der Waals surface area contributed by atoms with Gasteiger partial charge in [-0.1, -0.05) is 19.4 Å². The Hall–Kier alpha value is -1.45. The van der Waals surface area contributed by atoms with Gasteiger partial charge >= 0.3 is 5.97 Å². The third-order valence-corrected chi connectivity index (χ3v) is 8.68. The molecule has 0 unspecified atom stereocenters. The van der Waals surface area contributed by atoms with Crippen LogP contribution >= 0.6 is 0 Å². The van der Waals surface area contributed by atoms with Crippen molar-refractivity contribution in [1.29, 1.82) is 0 Å². The van der Waals surface area contributed by atoms with Crippen molar-refractivity contribution in [2.75, 3.05) is 0 Å². The lowest BCUT2D eigenvalue weighted by Gasteiger charge is -2.60. The van der Waals surface area contributed by atoms with Gasteiger partial charge in [0.1, 0.15) is 11.9 Å². The Balaban J connectivity index is 1.77. The van der Waals surface area contributed by atoms with Gasteiger partial charge < -0.3 is 4.74 Å². The maximum absolute atomic E-state index is 12.4. The predicted molar refractivity (Wildman–Crippen MR) is 102 cm³/mol. The first-order valence-electron chi connectivity index (χ1n) is 10.6. The Bertz CT molecular complexity index is 722. The van der Waals surface area contributed by atoms with Crippen molar-refractivity contribution in [2.24, 2.45) is 34.5 Å². The van der Waals surface area contributed by atoms with Crippen molar-refractivity contribution in [3.8, 4) is 0 Å². The molecule has 4 rings (SSSR count). The fraction of sp³-hybridized carbons (Fsp3) is 0.783. The van der Waals surface area contributed by atoms with Gasteiger partial charge in [0.2, 0.25) is 0 Å². The number of carbonyl (C=O) groups excluding carboxylic acids is 3. The Morgan fingerprint density at radius 3 is 2.52 bits per heavy atom. The number of ether oxygens (including phenoxy) is 1. The molecule has 0 saturated heterocycles. The maximum atomic E-state index is 12.4. The fourth-order valence-corrected chi connectivity index (χ4v) is 7.64. The SMILES string of the molecule is CC(=O)O[C@@H]1C[C@]2(C)[C@@H](C(C)=O)CC[C@@H]2[C@H]2CCC3=CC(=O)CC[C@]3(C)[C@H]21. The molecule has 0 aromatic rings. The second-order valence-corrected chi connectivity index (χ2v) is 9.99. The van der Waals surface area contributed by atoms with Crippen molar-refractivity contribution in [3.63, 3.8) is 0 Å². The van der Waals surface area contributed by atoms with E-state index in [2.05, 4.69) is 13.8 Å². The second kappa shape index (κ2) is 6.28. The lowest BCUT2D eigenvalue weighted by atomic mass is 9.46. The summed E-state index contributed by atoms with van der Waals surface area (Å²) in [5.41, 5.74) is 1.13. The normalized spacial score (nSPS) is 46.0. The van der Waals surface area contributed by atoms with Gasteiger partial charge in [-0.3, -0.25) is 14.4 Å². The highest BCUT2D eigenvalue weighted by atomic mass is 16.5. The zero-order valence-electron chi connectivity index (χ0n) is 17.0. The molecule has 0 bridgehead atoms. The minimum absolute atomic E-state index is 0.0629. The Kier molecular flexibility index (Phi) is 4.40. The summed E-state index contributed by atoms with van der Waals surface area (Å²) >= 11 is 0. The van der Waals surface area contributed by atoms with Gasteiger partial charge in [-0.25, -0.2) is 0 Å². The van der Waals surface area contributed by atoms with Crippen LogP contribution in [0.3, 0.4) is 0 Å². The summed E-state index contributed by atoms with van der Waals surface area (Å²) < 4.78 is 5.94. The Morgan fingerprint density at radius 1 is 1.11 bits per heavy atom. The first kappa shape index (κ1) is 18.9. The van der Waals surface area contributed by atoms with Gasteiger partial charge in [0.05, 0.1) is 0 Å². The lowest BCUT2D eigenvalue weighted by Crippen LogP contribution is -2.57. The number of carbonyl (C=O) groups is 3. The van der Waals surface area contributed by atoms with E-state index >= 15 is 0 Å². The number of ketones is 2. The molecule has 0 aliphatic heterocycles. The zero-order valence-corrected chi connectivity index (χ0v) is 17.0. The Morgan fingerprint density at radius 2 is 1.85 bits per heavy atom. The van der Waals surface area contributed by atoms with Crippen molar-refractivity contribution >= 4 is 17.5 Å². The van der Waals surface area contributed by atoms with Gasteiger partial charge in [0.15, 0.2) is 5.78 Å². The molecule has 3 saturated carbocycles. The van der Waals surface area contributed by atoms with Crippen LogP contribution in [-0.4, -0.2) is 23.6 Å². The average molecular weight is 373 g/mol. The first-order chi connectivity index (χ1) is 12.7. The van der Waals surface area contributed by atoms with Crippen LogP contribution in [0, 0.1) is 34.5 Å². The van der Waals surface area contributed by atoms with Gasteiger partial charge in [-0.15, -0.1) is 0 Å². The fourth-order valence-electron chi connectivity index (χ4n) is 7.64. The van der Waals surface area contributed by atoms with E-state index in [0.717, 1.165) is 38.5 Å². The number of allylic oxidation sites excluding steroid dienone is 1. The van der Waals surface area contributed by atoms with E-state index in [0.29, 0.717) is 18.3 Å². The number of rotatable bonds is 2. The van der Waals surface area contributed by atoms with E-state index in [1.54, 1.807) is 6.92 Å². The molecule has 4 aliphatic carbocycles. The standard InChI is InChI=1S/C23H32O4/c1-13(24)18-7-8-19-17-6-5-15-11-16(26)9-10-22(15,3)21(17)20(27-14(2)25)12-23(18,19)4/h11,17-21H,5-10,12H2,1-4H3/t17-,18-,19-,20-,21-,22+,23-/m1/s1. The summed E-state index contributed by atoms with van der Waals surface area (Å²) in [7, 11) is 0. The van der Waals surface area contributed by atoms with E-state index in [4.69, 9.17) is 4.74 Å². The molecule has 0 spiro atoms. The van der Waals surface area contributed by atoms with E-state index < -0.39 is 0 Å². The number of Topliss-reactive ketones (excluding diaryl/α,β-unsaturated/α-hetero) is 1. The molecule has 0 heterocycles. The molecule has 0 aromatic carbocycles. The van der Waals surface area contributed by atoms with Crippen molar-refractivity contribution < 1.29 is 19.1 Å². The molecule has 148 valence electrons. The van der Waals surface area contributed by atoms with Gasteiger partial charge in [-0.05, 0) is 74.2 Å².